The van der Waals surface area contributed by atoms with E-state index >= 15 is 0 Å². The lowest BCUT2D eigenvalue weighted by Crippen LogP contribution is -2.19. The number of nitrogens with one attached hydrogen (secondary N) is 1. The predicted molar refractivity (Wildman–Crippen MR) is 77.6 cm³/mol. The molecule has 0 aliphatic carbocycles. The molecule has 21 heavy (non-hydrogen) atoms. The van der Waals surface area contributed by atoms with Crippen molar-refractivity contribution in [1.82, 2.24) is 5.32 Å². The van der Waals surface area contributed by atoms with Gasteiger partial charge in [0, 0.05) is 13.1 Å². The van der Waals surface area contributed by atoms with Crippen LogP contribution in [-0.2, 0) is 10.8 Å². The van der Waals surface area contributed by atoms with Crippen LogP contribution in [0.4, 0.5) is 5.69 Å². The van der Waals surface area contributed by atoms with E-state index in [1.54, 1.807) is 18.2 Å². The highest BCUT2D eigenvalue weighted by Gasteiger charge is 2.22. The van der Waals surface area contributed by atoms with Gasteiger partial charge < -0.3 is 5.32 Å². The third-order valence-corrected chi connectivity index (χ3v) is 4.32. The number of nitrogens with zero attached hydrogens (tertiary/aromatic N) is 1. The van der Waals surface area contributed by atoms with Gasteiger partial charge in [-0.25, -0.2) is 4.21 Å². The molecule has 0 aliphatic rings. The smallest absolute Gasteiger partial charge is 0.285 e. The van der Waals surface area contributed by atoms with Crippen LogP contribution in [0.25, 0.3) is 0 Å². The summed E-state index contributed by atoms with van der Waals surface area (Å²) < 4.78 is 12.6. The lowest BCUT2D eigenvalue weighted by atomic mass is 10.2. The molecule has 1 amide bonds. The highest BCUT2D eigenvalue weighted by Crippen LogP contribution is 2.27. The van der Waals surface area contributed by atoms with Crippen molar-refractivity contribution < 1.29 is 13.9 Å². The Hall–Kier alpha value is -2.54. The summed E-state index contributed by atoms with van der Waals surface area (Å²) in [5.74, 6) is -0.391. The molecule has 1 N–H and O–H groups in total. The minimum atomic E-state index is -1.82. The van der Waals surface area contributed by atoms with Gasteiger partial charge in [-0.05, 0) is 18.2 Å². The van der Waals surface area contributed by atoms with Gasteiger partial charge in [0.2, 0.25) is 0 Å². The highest BCUT2D eigenvalue weighted by atomic mass is 32.2. The second-order valence-corrected chi connectivity index (χ2v) is 5.49. The van der Waals surface area contributed by atoms with Gasteiger partial charge in [0.15, 0.2) is 0 Å². The Morgan fingerprint density at radius 3 is 2.29 bits per heavy atom. The molecule has 0 spiro atoms. The molecule has 0 radical (unpaired) electrons. The maximum atomic E-state index is 12.6. The van der Waals surface area contributed by atoms with E-state index in [9.17, 15) is 19.1 Å². The first kappa shape index (κ1) is 14.9. The van der Waals surface area contributed by atoms with E-state index in [2.05, 4.69) is 5.32 Å². The monoisotopic (exact) mass is 304 g/mol. The fourth-order valence-corrected chi connectivity index (χ4v) is 3.17. The van der Waals surface area contributed by atoms with Crippen molar-refractivity contribution in [2.24, 2.45) is 0 Å². The van der Waals surface area contributed by atoms with Crippen LogP contribution in [-0.4, -0.2) is 22.1 Å². The van der Waals surface area contributed by atoms with Crippen LogP contribution in [0.2, 0.25) is 0 Å². The molecule has 0 saturated heterocycles. The van der Waals surface area contributed by atoms with E-state index in [4.69, 9.17) is 0 Å². The maximum Gasteiger partial charge on any atom is 0.285 e. The molecule has 2 rings (SSSR count). The van der Waals surface area contributed by atoms with Crippen molar-refractivity contribution in [1.29, 1.82) is 0 Å². The molecule has 1 unspecified atom stereocenters. The SMILES string of the molecule is CNC(=O)c1ccccc1S(=O)c1ccccc1[N+](=O)[O-]. The molecule has 2 aromatic carbocycles. The maximum absolute atomic E-state index is 12.6. The van der Waals surface area contributed by atoms with Gasteiger partial charge >= 0.3 is 0 Å². The summed E-state index contributed by atoms with van der Waals surface area (Å²) >= 11 is 0. The van der Waals surface area contributed by atoms with Crippen molar-refractivity contribution >= 4 is 22.4 Å². The van der Waals surface area contributed by atoms with Gasteiger partial charge in [0.05, 0.1) is 26.2 Å². The molecule has 0 heterocycles. The zero-order chi connectivity index (χ0) is 15.4. The molecule has 0 aromatic heterocycles. The summed E-state index contributed by atoms with van der Waals surface area (Å²) in [4.78, 5) is 22.6. The molecule has 0 saturated carbocycles. The molecule has 108 valence electrons. The van der Waals surface area contributed by atoms with E-state index in [-0.39, 0.29) is 21.0 Å². The van der Waals surface area contributed by atoms with E-state index in [0.717, 1.165) is 0 Å². The fourth-order valence-electron chi connectivity index (χ4n) is 1.83. The van der Waals surface area contributed by atoms with Gasteiger partial charge in [-0.3, -0.25) is 14.9 Å². The van der Waals surface area contributed by atoms with Crippen LogP contribution in [0.3, 0.4) is 0 Å². The van der Waals surface area contributed by atoms with Crippen molar-refractivity contribution in [3.05, 3.63) is 64.2 Å². The van der Waals surface area contributed by atoms with Crippen LogP contribution in [0.5, 0.6) is 0 Å². The molecule has 0 aliphatic heterocycles. The summed E-state index contributed by atoms with van der Waals surface area (Å²) in [7, 11) is -0.350. The number of benzene rings is 2. The van der Waals surface area contributed by atoms with Crippen LogP contribution in [0.1, 0.15) is 10.4 Å². The lowest BCUT2D eigenvalue weighted by molar-refractivity contribution is -0.387. The average Bonchev–Trinajstić information content (AvgIpc) is 2.53. The largest absolute Gasteiger partial charge is 0.355 e. The molecular weight excluding hydrogens is 292 g/mol. The lowest BCUT2D eigenvalue weighted by Gasteiger charge is -2.08. The zero-order valence-corrected chi connectivity index (χ0v) is 11.9. The molecule has 0 bridgehead atoms. The zero-order valence-electron chi connectivity index (χ0n) is 11.1. The van der Waals surface area contributed by atoms with Gasteiger partial charge in [-0.15, -0.1) is 0 Å². The quantitative estimate of drug-likeness (QED) is 0.692. The Morgan fingerprint density at radius 1 is 1.10 bits per heavy atom. The molecule has 2 aromatic rings. The van der Waals surface area contributed by atoms with Gasteiger partial charge in [-0.1, -0.05) is 24.3 Å². The fraction of sp³-hybridized carbons (Fsp3) is 0.0714. The summed E-state index contributed by atoms with van der Waals surface area (Å²) in [6.45, 7) is 0. The van der Waals surface area contributed by atoms with Crippen molar-refractivity contribution in [3.8, 4) is 0 Å². The van der Waals surface area contributed by atoms with Crippen LogP contribution in [0.15, 0.2) is 58.3 Å². The summed E-state index contributed by atoms with van der Waals surface area (Å²) in [5.41, 5.74) is -0.000901. The van der Waals surface area contributed by atoms with E-state index in [1.165, 1.54) is 37.4 Å². The summed E-state index contributed by atoms with van der Waals surface area (Å²) in [5, 5.41) is 13.5. The number of carbonyl (C=O) groups is 1. The Kier molecular flexibility index (Phi) is 4.44. The second-order valence-electron chi connectivity index (χ2n) is 4.07. The van der Waals surface area contributed by atoms with E-state index < -0.39 is 21.6 Å². The van der Waals surface area contributed by atoms with Crippen molar-refractivity contribution in [2.45, 2.75) is 9.79 Å². The number of nitro benzene ring substituents is 1. The van der Waals surface area contributed by atoms with Gasteiger partial charge in [0.25, 0.3) is 11.6 Å². The highest BCUT2D eigenvalue weighted by molar-refractivity contribution is 7.85. The van der Waals surface area contributed by atoms with Crippen LogP contribution >= 0.6 is 0 Å². The molecular formula is C14H12N2O4S. The second kappa shape index (κ2) is 6.27. The third kappa shape index (κ3) is 2.97. The first-order valence-corrected chi connectivity index (χ1v) is 7.17. The van der Waals surface area contributed by atoms with Crippen molar-refractivity contribution in [2.75, 3.05) is 7.05 Å². The first-order chi connectivity index (χ1) is 10.1. The molecule has 0 fully saturated rings. The van der Waals surface area contributed by atoms with Gasteiger partial charge in [0.1, 0.15) is 4.90 Å². The molecule has 7 heteroatoms. The number of nitro groups is 1. The topological polar surface area (TPSA) is 89.3 Å². The van der Waals surface area contributed by atoms with E-state index in [1.807, 2.05) is 0 Å². The van der Waals surface area contributed by atoms with Gasteiger partial charge in [-0.2, -0.15) is 0 Å². The summed E-state index contributed by atoms with van der Waals surface area (Å²) in [6.07, 6.45) is 0. The first-order valence-electron chi connectivity index (χ1n) is 6.02. The number of para-hydroxylation sites is 1. The molecule has 1 atom stereocenters. The number of hydrogen-bond acceptors (Lipinski definition) is 4. The van der Waals surface area contributed by atoms with Crippen LogP contribution < -0.4 is 5.32 Å². The van der Waals surface area contributed by atoms with Crippen molar-refractivity contribution in [3.63, 3.8) is 0 Å². The number of amides is 1. The number of rotatable bonds is 4. The minimum absolute atomic E-state index is 0.0684. The summed E-state index contributed by atoms with van der Waals surface area (Å²) in [6, 6.07) is 12.1. The normalized spacial score (nSPS) is 11.7. The minimum Gasteiger partial charge on any atom is -0.355 e. The third-order valence-electron chi connectivity index (χ3n) is 2.82. The predicted octanol–water partition coefficient (Wildman–Crippen LogP) is 2.12. The van der Waals surface area contributed by atoms with Crippen LogP contribution in [0, 0.1) is 10.1 Å². The Bertz CT molecular complexity index is 730. The van der Waals surface area contributed by atoms with E-state index in [0.29, 0.717) is 0 Å². The average molecular weight is 304 g/mol. The Labute approximate surface area is 123 Å². The molecule has 6 nitrogen and oxygen atoms in total. The number of hydrogen-bond donors (Lipinski definition) is 1. The number of carbonyl (C=O) groups excluding carboxylic acids is 1. The Balaban J connectivity index is 2.56. The Morgan fingerprint density at radius 2 is 1.67 bits per heavy atom. The standard InChI is InChI=1S/C14H12N2O4S/c1-15-14(17)10-6-2-4-8-12(10)21(20)13-9-5-3-7-11(13)16(18)19/h2-9H,1H3,(H,15,17).